The monoisotopic (exact) mass is 236 g/mol. The molecule has 1 saturated heterocycles. The van der Waals surface area contributed by atoms with E-state index in [1.807, 2.05) is 13.8 Å². The molecule has 1 rings (SSSR count). The number of nitrogens with zero attached hydrogens (tertiary/aromatic N) is 1. The predicted molar refractivity (Wildman–Crippen MR) is 58.8 cm³/mol. The van der Waals surface area contributed by atoms with Gasteiger partial charge in [0.1, 0.15) is 0 Å². The third-order valence-corrected chi connectivity index (χ3v) is 4.29. The first-order chi connectivity index (χ1) is 7.10. The minimum absolute atomic E-state index is 0.0512. The lowest BCUT2D eigenvalue weighted by atomic mass is 10.2. The lowest BCUT2D eigenvalue weighted by Crippen LogP contribution is -2.43. The summed E-state index contributed by atoms with van der Waals surface area (Å²) in [5.74, 6) is 0. The van der Waals surface area contributed by atoms with Crippen molar-refractivity contribution >= 4 is 10.2 Å². The quantitative estimate of drug-likeness (QED) is 0.723. The van der Waals surface area contributed by atoms with Crippen LogP contribution in [0.1, 0.15) is 26.7 Å². The van der Waals surface area contributed by atoms with E-state index in [9.17, 15) is 8.42 Å². The van der Waals surface area contributed by atoms with Gasteiger partial charge in [-0.25, -0.2) is 0 Å². The Hall–Kier alpha value is -0.170. The van der Waals surface area contributed by atoms with Gasteiger partial charge in [0.05, 0.1) is 6.10 Å². The average Bonchev–Trinajstić information content (AvgIpc) is 2.69. The molecule has 0 unspecified atom stereocenters. The van der Waals surface area contributed by atoms with Crippen molar-refractivity contribution in [1.29, 1.82) is 0 Å². The SMILES string of the molecule is CCN(CC)S(=O)(=O)NC[C@H]1CCCO1. The van der Waals surface area contributed by atoms with E-state index in [0.717, 1.165) is 19.4 Å². The maximum Gasteiger partial charge on any atom is 0.279 e. The van der Waals surface area contributed by atoms with Gasteiger partial charge >= 0.3 is 0 Å². The van der Waals surface area contributed by atoms with E-state index in [1.165, 1.54) is 4.31 Å². The Morgan fingerprint density at radius 2 is 2.07 bits per heavy atom. The van der Waals surface area contributed by atoms with E-state index in [2.05, 4.69) is 4.72 Å². The Morgan fingerprint density at radius 1 is 1.40 bits per heavy atom. The van der Waals surface area contributed by atoms with Crippen molar-refractivity contribution in [3.63, 3.8) is 0 Å². The molecule has 1 aliphatic heterocycles. The van der Waals surface area contributed by atoms with Crippen LogP contribution in [0.5, 0.6) is 0 Å². The second kappa shape index (κ2) is 5.79. The summed E-state index contributed by atoms with van der Waals surface area (Å²) in [6.07, 6.45) is 2.02. The molecule has 15 heavy (non-hydrogen) atoms. The molecular formula is C9H20N2O3S. The normalized spacial score (nSPS) is 22.5. The summed E-state index contributed by atoms with van der Waals surface area (Å²) in [4.78, 5) is 0. The first-order valence-electron chi connectivity index (χ1n) is 5.46. The standard InChI is InChI=1S/C9H20N2O3S/c1-3-11(4-2)15(12,13)10-8-9-6-5-7-14-9/h9-10H,3-8H2,1-2H3/t9-/m1/s1. The number of ether oxygens (including phenoxy) is 1. The van der Waals surface area contributed by atoms with Crippen LogP contribution >= 0.6 is 0 Å². The smallest absolute Gasteiger partial charge is 0.279 e. The van der Waals surface area contributed by atoms with Crippen molar-refractivity contribution in [2.24, 2.45) is 0 Å². The van der Waals surface area contributed by atoms with Gasteiger partial charge in [0.15, 0.2) is 0 Å². The highest BCUT2D eigenvalue weighted by Gasteiger charge is 2.22. The van der Waals surface area contributed by atoms with Gasteiger partial charge in [-0.05, 0) is 12.8 Å². The van der Waals surface area contributed by atoms with Crippen LogP contribution in [0.2, 0.25) is 0 Å². The van der Waals surface area contributed by atoms with Crippen LogP contribution in [0.25, 0.3) is 0 Å². The van der Waals surface area contributed by atoms with Gasteiger partial charge in [0.25, 0.3) is 10.2 Å². The fraction of sp³-hybridized carbons (Fsp3) is 1.00. The summed E-state index contributed by atoms with van der Waals surface area (Å²) in [5.41, 5.74) is 0. The molecule has 0 aliphatic carbocycles. The van der Waals surface area contributed by atoms with Gasteiger partial charge in [0, 0.05) is 26.2 Å². The van der Waals surface area contributed by atoms with Crippen molar-refractivity contribution in [2.45, 2.75) is 32.8 Å². The second-order valence-corrected chi connectivity index (χ2v) is 5.33. The lowest BCUT2D eigenvalue weighted by Gasteiger charge is -2.20. The van der Waals surface area contributed by atoms with Crippen LogP contribution in [-0.2, 0) is 14.9 Å². The number of nitrogens with one attached hydrogen (secondary N) is 1. The molecule has 6 heteroatoms. The topological polar surface area (TPSA) is 58.6 Å². The third-order valence-electron chi connectivity index (χ3n) is 2.56. The molecule has 1 N–H and O–H groups in total. The van der Waals surface area contributed by atoms with E-state index in [4.69, 9.17) is 4.74 Å². The van der Waals surface area contributed by atoms with Gasteiger partial charge in [-0.15, -0.1) is 0 Å². The molecule has 1 atom stereocenters. The van der Waals surface area contributed by atoms with E-state index in [1.54, 1.807) is 0 Å². The summed E-state index contributed by atoms with van der Waals surface area (Å²) in [7, 11) is -3.31. The molecule has 0 amide bonds. The van der Waals surface area contributed by atoms with E-state index >= 15 is 0 Å². The maximum absolute atomic E-state index is 11.7. The zero-order valence-electron chi connectivity index (χ0n) is 9.40. The van der Waals surface area contributed by atoms with Crippen molar-refractivity contribution < 1.29 is 13.2 Å². The summed E-state index contributed by atoms with van der Waals surface area (Å²) in [6.45, 7) is 5.79. The molecular weight excluding hydrogens is 216 g/mol. The van der Waals surface area contributed by atoms with E-state index in [0.29, 0.717) is 19.6 Å². The van der Waals surface area contributed by atoms with Crippen LogP contribution in [0.4, 0.5) is 0 Å². The summed E-state index contributed by atoms with van der Waals surface area (Å²) in [5, 5.41) is 0. The van der Waals surface area contributed by atoms with Gasteiger partial charge in [-0.3, -0.25) is 0 Å². The molecule has 0 bridgehead atoms. The zero-order valence-corrected chi connectivity index (χ0v) is 10.2. The Morgan fingerprint density at radius 3 is 2.53 bits per heavy atom. The first kappa shape index (κ1) is 12.9. The molecule has 1 aliphatic rings. The van der Waals surface area contributed by atoms with Crippen molar-refractivity contribution in [3.8, 4) is 0 Å². The van der Waals surface area contributed by atoms with Crippen LogP contribution in [-0.4, -0.2) is 45.1 Å². The Labute approximate surface area is 92.0 Å². The van der Waals surface area contributed by atoms with Crippen molar-refractivity contribution in [2.75, 3.05) is 26.2 Å². The first-order valence-corrected chi connectivity index (χ1v) is 6.90. The number of rotatable bonds is 6. The van der Waals surface area contributed by atoms with Crippen molar-refractivity contribution in [3.05, 3.63) is 0 Å². The van der Waals surface area contributed by atoms with Crippen LogP contribution < -0.4 is 4.72 Å². The van der Waals surface area contributed by atoms with Crippen LogP contribution in [0, 0.1) is 0 Å². The maximum atomic E-state index is 11.7. The van der Waals surface area contributed by atoms with Crippen LogP contribution in [0.3, 0.4) is 0 Å². The second-order valence-electron chi connectivity index (χ2n) is 3.57. The van der Waals surface area contributed by atoms with Crippen LogP contribution in [0.15, 0.2) is 0 Å². The molecule has 0 aromatic rings. The van der Waals surface area contributed by atoms with Crippen molar-refractivity contribution in [1.82, 2.24) is 9.03 Å². The Kier molecular flexibility index (Phi) is 4.98. The largest absolute Gasteiger partial charge is 0.377 e. The van der Waals surface area contributed by atoms with Gasteiger partial charge in [-0.2, -0.15) is 17.4 Å². The summed E-state index contributed by atoms with van der Waals surface area (Å²) >= 11 is 0. The van der Waals surface area contributed by atoms with Gasteiger partial charge < -0.3 is 4.74 Å². The highest BCUT2D eigenvalue weighted by Crippen LogP contribution is 2.11. The van der Waals surface area contributed by atoms with Gasteiger partial charge in [-0.1, -0.05) is 13.8 Å². The minimum atomic E-state index is -3.31. The fourth-order valence-electron chi connectivity index (χ4n) is 1.66. The molecule has 90 valence electrons. The average molecular weight is 236 g/mol. The Balaban J connectivity index is 2.41. The fourth-order valence-corrected chi connectivity index (χ4v) is 2.92. The summed E-state index contributed by atoms with van der Waals surface area (Å²) < 4.78 is 32.7. The summed E-state index contributed by atoms with van der Waals surface area (Å²) in [6, 6.07) is 0. The van der Waals surface area contributed by atoms with E-state index in [-0.39, 0.29) is 6.10 Å². The number of hydrogen-bond acceptors (Lipinski definition) is 3. The molecule has 1 heterocycles. The zero-order chi connectivity index (χ0) is 11.3. The Bertz CT molecular complexity index is 269. The lowest BCUT2D eigenvalue weighted by molar-refractivity contribution is 0.114. The molecule has 0 spiro atoms. The van der Waals surface area contributed by atoms with E-state index < -0.39 is 10.2 Å². The molecule has 0 radical (unpaired) electrons. The van der Waals surface area contributed by atoms with Gasteiger partial charge in [0.2, 0.25) is 0 Å². The predicted octanol–water partition coefficient (Wildman–Crippen LogP) is 0.342. The highest BCUT2D eigenvalue weighted by atomic mass is 32.2. The molecule has 5 nitrogen and oxygen atoms in total. The minimum Gasteiger partial charge on any atom is -0.377 e. The molecule has 1 fully saturated rings. The molecule has 0 aromatic carbocycles. The third kappa shape index (κ3) is 3.71. The highest BCUT2D eigenvalue weighted by molar-refractivity contribution is 7.87. The molecule has 0 saturated carbocycles. The number of hydrogen-bond donors (Lipinski definition) is 1. The molecule has 0 aromatic heterocycles.